The molecule has 2 N–H and O–H groups in total. The number of aromatic nitrogens is 1. The van der Waals surface area contributed by atoms with E-state index in [0.717, 1.165) is 12.3 Å². The molecule has 2 bridgehead atoms. The number of carbonyl (C=O) groups is 1. The Hall–Kier alpha value is -1.43. The first kappa shape index (κ1) is 12.6. The molecule has 3 atom stereocenters. The lowest BCUT2D eigenvalue weighted by Crippen LogP contribution is -2.27. The first-order valence-electron chi connectivity index (χ1n) is 6.62. The number of anilines is 1. The molecule has 6 heteroatoms. The Kier molecular flexibility index (Phi) is 3.26. The highest BCUT2D eigenvalue weighted by molar-refractivity contribution is 7.14. The van der Waals surface area contributed by atoms with E-state index in [0.29, 0.717) is 22.5 Å². The lowest BCUT2D eigenvalue weighted by atomic mass is 9.88. The van der Waals surface area contributed by atoms with Gasteiger partial charge in [0.1, 0.15) is 11.4 Å². The van der Waals surface area contributed by atoms with Crippen LogP contribution in [0.2, 0.25) is 0 Å². The Balaban J connectivity index is 1.65. The average molecular weight is 279 g/mol. The van der Waals surface area contributed by atoms with E-state index in [1.165, 1.54) is 30.6 Å². The molecule has 0 aliphatic heterocycles. The maximum Gasteiger partial charge on any atom is 0.229 e. The van der Waals surface area contributed by atoms with E-state index in [9.17, 15) is 4.79 Å². The number of fused-ring (bicyclic) bond motifs is 2. The highest BCUT2D eigenvalue weighted by atomic mass is 32.1. The number of rotatable bonds is 3. The van der Waals surface area contributed by atoms with Crippen LogP contribution in [0, 0.1) is 17.8 Å². The second kappa shape index (κ2) is 4.92. The van der Waals surface area contributed by atoms with Crippen molar-refractivity contribution in [1.29, 1.82) is 0 Å². The van der Waals surface area contributed by atoms with Crippen molar-refractivity contribution in [3.05, 3.63) is 11.1 Å². The number of oxime groups is 1. The molecule has 102 valence electrons. The van der Waals surface area contributed by atoms with Crippen molar-refractivity contribution >= 4 is 28.1 Å². The van der Waals surface area contributed by atoms with Crippen molar-refractivity contribution in [2.45, 2.75) is 32.6 Å². The molecule has 1 aromatic heterocycles. The van der Waals surface area contributed by atoms with E-state index >= 15 is 0 Å². The number of carbonyl (C=O) groups excluding carboxylic acids is 1. The number of nitrogens with zero attached hydrogens (tertiary/aromatic N) is 2. The zero-order valence-electron chi connectivity index (χ0n) is 10.8. The fraction of sp³-hybridized carbons (Fsp3) is 0.615. The van der Waals surface area contributed by atoms with Crippen LogP contribution in [-0.2, 0) is 4.79 Å². The van der Waals surface area contributed by atoms with E-state index in [4.69, 9.17) is 5.21 Å². The summed E-state index contributed by atoms with van der Waals surface area (Å²) in [7, 11) is 0. The third-order valence-corrected chi connectivity index (χ3v) is 5.09. The molecule has 5 nitrogen and oxygen atoms in total. The van der Waals surface area contributed by atoms with Gasteiger partial charge in [0.25, 0.3) is 0 Å². The summed E-state index contributed by atoms with van der Waals surface area (Å²) in [6.45, 7) is 1.68. The molecule has 2 aliphatic rings. The number of hydrogen-bond donors (Lipinski definition) is 2. The molecule has 1 heterocycles. The van der Waals surface area contributed by atoms with Crippen molar-refractivity contribution in [3.63, 3.8) is 0 Å². The van der Waals surface area contributed by atoms with Crippen LogP contribution in [0.1, 0.15) is 38.3 Å². The number of hydrogen-bond acceptors (Lipinski definition) is 5. The van der Waals surface area contributed by atoms with Crippen LogP contribution in [0.15, 0.2) is 10.5 Å². The Labute approximate surface area is 115 Å². The van der Waals surface area contributed by atoms with Gasteiger partial charge in [0.2, 0.25) is 5.91 Å². The largest absolute Gasteiger partial charge is 0.411 e. The normalized spacial score (nSPS) is 29.7. The summed E-state index contributed by atoms with van der Waals surface area (Å²) >= 11 is 1.37. The predicted molar refractivity (Wildman–Crippen MR) is 73.7 cm³/mol. The maximum absolute atomic E-state index is 12.2. The number of thiazole rings is 1. The molecule has 0 aromatic carbocycles. The zero-order valence-corrected chi connectivity index (χ0v) is 11.6. The van der Waals surface area contributed by atoms with Gasteiger partial charge in [0.15, 0.2) is 5.13 Å². The molecule has 2 saturated carbocycles. The van der Waals surface area contributed by atoms with Crippen molar-refractivity contribution in [2.24, 2.45) is 22.9 Å². The van der Waals surface area contributed by atoms with Crippen molar-refractivity contribution in [1.82, 2.24) is 4.98 Å². The van der Waals surface area contributed by atoms with Crippen molar-refractivity contribution in [3.8, 4) is 0 Å². The highest BCUT2D eigenvalue weighted by Gasteiger charge is 2.43. The predicted octanol–water partition coefficient (Wildman–Crippen LogP) is 2.72. The van der Waals surface area contributed by atoms with Crippen molar-refractivity contribution in [2.75, 3.05) is 5.32 Å². The minimum absolute atomic E-state index is 0.103. The smallest absolute Gasteiger partial charge is 0.229 e. The van der Waals surface area contributed by atoms with E-state index in [1.54, 1.807) is 12.3 Å². The van der Waals surface area contributed by atoms with Crippen molar-refractivity contribution < 1.29 is 10.0 Å². The molecule has 1 amide bonds. The molecule has 1 aromatic rings. The zero-order chi connectivity index (χ0) is 13.4. The molecule has 2 fully saturated rings. The summed E-state index contributed by atoms with van der Waals surface area (Å²) in [4.78, 5) is 16.5. The lowest BCUT2D eigenvalue weighted by Gasteiger charge is -2.19. The lowest BCUT2D eigenvalue weighted by molar-refractivity contribution is -0.121. The van der Waals surface area contributed by atoms with E-state index in [2.05, 4.69) is 15.5 Å². The second-order valence-electron chi connectivity index (χ2n) is 5.49. The SMILES string of the molecule is CC(=NO)c1csc(NC(=O)C2CC3CCC2C3)n1. The Morgan fingerprint density at radius 3 is 3.00 bits per heavy atom. The monoisotopic (exact) mass is 279 g/mol. The average Bonchev–Trinajstić information content (AvgIpc) is 3.13. The minimum atomic E-state index is 0.103. The van der Waals surface area contributed by atoms with E-state index in [-0.39, 0.29) is 11.8 Å². The minimum Gasteiger partial charge on any atom is -0.411 e. The van der Waals surface area contributed by atoms with Crippen LogP contribution in [0.4, 0.5) is 5.13 Å². The van der Waals surface area contributed by atoms with Gasteiger partial charge in [-0.15, -0.1) is 11.3 Å². The Bertz CT molecular complexity index is 526. The first-order chi connectivity index (χ1) is 9.17. The van der Waals surface area contributed by atoms with Gasteiger partial charge in [-0.2, -0.15) is 0 Å². The molecule has 3 rings (SSSR count). The quantitative estimate of drug-likeness (QED) is 0.507. The molecule has 0 radical (unpaired) electrons. The maximum atomic E-state index is 12.2. The standard InChI is InChI=1S/C13H17N3O2S/c1-7(16-18)11-6-19-13(14-11)15-12(17)10-5-8-2-3-9(10)4-8/h6,8-10,18H,2-5H2,1H3,(H,14,15,17). The summed E-state index contributed by atoms with van der Waals surface area (Å²) < 4.78 is 0. The molecule has 3 unspecified atom stereocenters. The molecular formula is C13H17N3O2S. The van der Waals surface area contributed by atoms with E-state index in [1.807, 2.05) is 0 Å². The van der Waals surface area contributed by atoms with Gasteiger partial charge in [-0.05, 0) is 38.0 Å². The fourth-order valence-electron chi connectivity index (χ4n) is 3.31. The topological polar surface area (TPSA) is 74.6 Å². The van der Waals surface area contributed by atoms with Gasteiger partial charge in [-0.1, -0.05) is 11.6 Å². The molecule has 0 spiro atoms. The second-order valence-corrected chi connectivity index (χ2v) is 6.35. The number of amides is 1. The molecule has 2 aliphatic carbocycles. The molecular weight excluding hydrogens is 262 g/mol. The third-order valence-electron chi connectivity index (χ3n) is 4.33. The third kappa shape index (κ3) is 2.36. The first-order valence-corrected chi connectivity index (χ1v) is 7.50. The van der Waals surface area contributed by atoms with Gasteiger partial charge in [0.05, 0.1) is 0 Å². The summed E-state index contributed by atoms with van der Waals surface area (Å²) in [5.41, 5.74) is 1.06. The van der Waals surface area contributed by atoms with Crippen LogP contribution in [0.5, 0.6) is 0 Å². The highest BCUT2D eigenvalue weighted by Crippen LogP contribution is 2.48. The summed E-state index contributed by atoms with van der Waals surface area (Å²) in [5.74, 6) is 1.60. The van der Waals surface area contributed by atoms with Gasteiger partial charge >= 0.3 is 0 Å². The fourth-order valence-corrected chi connectivity index (χ4v) is 4.07. The van der Waals surface area contributed by atoms with Gasteiger partial charge in [0, 0.05) is 11.3 Å². The van der Waals surface area contributed by atoms with Gasteiger partial charge in [-0.3, -0.25) is 4.79 Å². The van der Waals surface area contributed by atoms with Crippen LogP contribution < -0.4 is 5.32 Å². The summed E-state index contributed by atoms with van der Waals surface area (Å²) in [5, 5.41) is 17.1. The molecule has 0 saturated heterocycles. The van der Waals surface area contributed by atoms with Crippen LogP contribution >= 0.6 is 11.3 Å². The summed E-state index contributed by atoms with van der Waals surface area (Å²) in [6, 6.07) is 0. The summed E-state index contributed by atoms with van der Waals surface area (Å²) in [6.07, 6.45) is 4.74. The number of nitrogens with one attached hydrogen (secondary N) is 1. The van der Waals surface area contributed by atoms with Gasteiger partial charge in [-0.25, -0.2) is 4.98 Å². The van der Waals surface area contributed by atoms with E-state index < -0.39 is 0 Å². The Morgan fingerprint density at radius 1 is 1.53 bits per heavy atom. The van der Waals surface area contributed by atoms with Crippen LogP contribution in [-0.4, -0.2) is 21.8 Å². The van der Waals surface area contributed by atoms with Crippen LogP contribution in [0.3, 0.4) is 0 Å². The van der Waals surface area contributed by atoms with Gasteiger partial charge < -0.3 is 10.5 Å². The van der Waals surface area contributed by atoms with Crippen LogP contribution in [0.25, 0.3) is 0 Å². The Morgan fingerprint density at radius 2 is 2.37 bits per heavy atom. The molecule has 19 heavy (non-hydrogen) atoms.